The summed E-state index contributed by atoms with van der Waals surface area (Å²) < 4.78 is 14.1. The molecule has 1 fully saturated rings. The van der Waals surface area contributed by atoms with Gasteiger partial charge in [-0.15, -0.1) is 0 Å². The van der Waals surface area contributed by atoms with Gasteiger partial charge < -0.3 is 19.2 Å². The minimum Gasteiger partial charge on any atom is -0.464 e. The SMILES string of the molecule is COC(=O)NC(=N)N(C(=O)OC)c1c(CC2CCCCC2)c[nH]c1C(=O)OC. The van der Waals surface area contributed by atoms with Gasteiger partial charge in [0.15, 0.2) is 0 Å². The summed E-state index contributed by atoms with van der Waals surface area (Å²) in [6, 6.07) is 0. The lowest BCUT2D eigenvalue weighted by molar-refractivity contribution is 0.0595. The second-order valence-corrected chi connectivity index (χ2v) is 6.51. The maximum atomic E-state index is 12.4. The Bertz CT molecular complexity index is 738. The fraction of sp³-hybridized carbons (Fsp3) is 0.556. The number of hydrogen-bond donors (Lipinski definition) is 3. The molecule has 0 saturated heterocycles. The van der Waals surface area contributed by atoms with E-state index in [1.165, 1.54) is 13.5 Å². The van der Waals surface area contributed by atoms with Gasteiger partial charge in [0.2, 0.25) is 5.96 Å². The molecule has 10 nitrogen and oxygen atoms in total. The number of hydrogen-bond acceptors (Lipinski definition) is 7. The second-order valence-electron chi connectivity index (χ2n) is 6.51. The number of H-pyrrole nitrogens is 1. The third-order valence-corrected chi connectivity index (χ3v) is 4.76. The Labute approximate surface area is 163 Å². The van der Waals surface area contributed by atoms with Crippen molar-refractivity contribution in [3.05, 3.63) is 17.5 Å². The molecule has 0 atom stereocenters. The molecule has 0 aromatic carbocycles. The van der Waals surface area contributed by atoms with E-state index in [9.17, 15) is 14.4 Å². The highest BCUT2D eigenvalue weighted by Gasteiger charge is 2.32. The highest BCUT2D eigenvalue weighted by Crippen LogP contribution is 2.33. The standard InChI is InChI=1S/C18H26N4O6/c1-26-15(23)13-14(12(10-20-13)9-11-7-5-4-6-8-11)22(18(25)28-3)16(19)21-17(24)27-2/h10-11,20H,4-9H2,1-3H3,(H2,19,21,24). The topological polar surface area (TPSA) is 134 Å². The molecule has 2 rings (SSSR count). The molecule has 3 N–H and O–H groups in total. The van der Waals surface area contributed by atoms with Gasteiger partial charge >= 0.3 is 18.2 Å². The summed E-state index contributed by atoms with van der Waals surface area (Å²) in [5.41, 5.74) is 0.787. The van der Waals surface area contributed by atoms with Crippen LogP contribution in [0.5, 0.6) is 0 Å². The van der Waals surface area contributed by atoms with Crippen LogP contribution < -0.4 is 10.2 Å². The molecule has 1 aliphatic carbocycles. The molecule has 154 valence electrons. The Kier molecular flexibility index (Phi) is 7.42. The van der Waals surface area contributed by atoms with Crippen LogP contribution in [0.15, 0.2) is 6.20 Å². The zero-order valence-electron chi connectivity index (χ0n) is 16.3. The van der Waals surface area contributed by atoms with Crippen LogP contribution in [0, 0.1) is 11.3 Å². The number of carbonyl (C=O) groups excluding carboxylic acids is 3. The van der Waals surface area contributed by atoms with E-state index in [0.717, 1.165) is 44.8 Å². The lowest BCUT2D eigenvalue weighted by atomic mass is 9.85. The van der Waals surface area contributed by atoms with E-state index in [0.29, 0.717) is 17.9 Å². The molecule has 0 aliphatic heterocycles. The van der Waals surface area contributed by atoms with Crippen LogP contribution in [0.25, 0.3) is 0 Å². The highest BCUT2D eigenvalue weighted by atomic mass is 16.5. The Morgan fingerprint density at radius 3 is 2.39 bits per heavy atom. The van der Waals surface area contributed by atoms with Gasteiger partial charge in [-0.05, 0) is 17.9 Å². The minimum absolute atomic E-state index is 0.00451. The maximum absolute atomic E-state index is 12.4. The number of rotatable bonds is 4. The van der Waals surface area contributed by atoms with Crippen LogP contribution in [0.4, 0.5) is 15.3 Å². The van der Waals surface area contributed by atoms with Gasteiger partial charge in [-0.2, -0.15) is 0 Å². The van der Waals surface area contributed by atoms with Crippen molar-refractivity contribution in [1.82, 2.24) is 10.3 Å². The first-order chi connectivity index (χ1) is 13.4. The lowest BCUT2D eigenvalue weighted by Gasteiger charge is -2.25. The predicted molar refractivity (Wildman–Crippen MR) is 101 cm³/mol. The summed E-state index contributed by atoms with van der Waals surface area (Å²) in [5, 5.41) is 10.3. The van der Waals surface area contributed by atoms with E-state index in [-0.39, 0.29) is 11.4 Å². The summed E-state index contributed by atoms with van der Waals surface area (Å²) in [5.74, 6) is -0.908. The van der Waals surface area contributed by atoms with Gasteiger partial charge in [0.05, 0.1) is 27.0 Å². The Morgan fingerprint density at radius 1 is 1.14 bits per heavy atom. The summed E-state index contributed by atoms with van der Waals surface area (Å²) in [4.78, 5) is 39.9. The second kappa shape index (κ2) is 9.77. The molecule has 10 heteroatoms. The highest BCUT2D eigenvalue weighted by molar-refractivity contribution is 6.18. The number of esters is 1. The monoisotopic (exact) mass is 394 g/mol. The van der Waals surface area contributed by atoms with Gasteiger partial charge in [0.1, 0.15) is 5.69 Å². The molecule has 0 spiro atoms. The van der Waals surface area contributed by atoms with Crippen molar-refractivity contribution in [2.45, 2.75) is 38.5 Å². The molecule has 1 heterocycles. The predicted octanol–water partition coefficient (Wildman–Crippen LogP) is 2.79. The number of carbonyl (C=O) groups is 3. The summed E-state index contributed by atoms with van der Waals surface area (Å²) >= 11 is 0. The first-order valence-corrected chi connectivity index (χ1v) is 9.03. The molecule has 0 unspecified atom stereocenters. The molecule has 2 amide bonds. The first kappa shape index (κ1) is 21.3. The van der Waals surface area contributed by atoms with Gasteiger partial charge in [-0.3, -0.25) is 10.7 Å². The average Bonchev–Trinajstić information content (AvgIpc) is 3.11. The smallest absolute Gasteiger partial charge is 0.421 e. The fourth-order valence-corrected chi connectivity index (χ4v) is 3.42. The molecule has 1 aromatic heterocycles. The van der Waals surface area contributed by atoms with E-state index in [1.807, 2.05) is 0 Å². The number of nitrogens with one attached hydrogen (secondary N) is 3. The van der Waals surface area contributed by atoms with E-state index < -0.39 is 24.1 Å². The van der Waals surface area contributed by atoms with Crippen LogP contribution in [-0.4, -0.2) is 50.4 Å². The molecule has 0 bridgehead atoms. The molecular formula is C18H26N4O6. The van der Waals surface area contributed by atoms with Crippen LogP contribution in [-0.2, 0) is 20.6 Å². The molecule has 0 radical (unpaired) electrons. The van der Waals surface area contributed by atoms with Crippen molar-refractivity contribution >= 4 is 29.8 Å². The third kappa shape index (κ3) is 4.81. The fourth-order valence-electron chi connectivity index (χ4n) is 3.42. The van der Waals surface area contributed by atoms with Crippen molar-refractivity contribution < 1.29 is 28.6 Å². The number of aromatic amines is 1. The number of ether oxygens (including phenoxy) is 3. The number of alkyl carbamates (subject to hydrolysis) is 1. The van der Waals surface area contributed by atoms with E-state index in [1.54, 1.807) is 6.20 Å². The number of amides is 2. The Hall–Kier alpha value is -3.04. The molecule has 28 heavy (non-hydrogen) atoms. The van der Waals surface area contributed by atoms with Crippen LogP contribution in [0.3, 0.4) is 0 Å². The Morgan fingerprint density at radius 2 is 1.82 bits per heavy atom. The first-order valence-electron chi connectivity index (χ1n) is 9.03. The van der Waals surface area contributed by atoms with Crippen molar-refractivity contribution in [3.63, 3.8) is 0 Å². The van der Waals surface area contributed by atoms with Crippen LogP contribution >= 0.6 is 0 Å². The minimum atomic E-state index is -0.934. The van der Waals surface area contributed by atoms with Crippen molar-refractivity contribution in [2.75, 3.05) is 26.2 Å². The van der Waals surface area contributed by atoms with Gasteiger partial charge in [0, 0.05) is 6.20 Å². The number of anilines is 1. The number of nitrogens with zero attached hydrogens (tertiary/aromatic N) is 1. The van der Waals surface area contributed by atoms with E-state index in [4.69, 9.17) is 14.9 Å². The molecular weight excluding hydrogens is 368 g/mol. The zero-order chi connectivity index (χ0) is 20.7. The van der Waals surface area contributed by atoms with Crippen molar-refractivity contribution in [3.8, 4) is 0 Å². The lowest BCUT2D eigenvalue weighted by Crippen LogP contribution is -2.47. The number of methoxy groups -OCH3 is 3. The van der Waals surface area contributed by atoms with E-state index >= 15 is 0 Å². The van der Waals surface area contributed by atoms with Gasteiger partial charge in [-0.25, -0.2) is 19.3 Å². The number of aromatic nitrogens is 1. The largest absolute Gasteiger partial charge is 0.464 e. The van der Waals surface area contributed by atoms with Gasteiger partial charge in [0.25, 0.3) is 0 Å². The zero-order valence-corrected chi connectivity index (χ0v) is 16.3. The summed E-state index contributed by atoms with van der Waals surface area (Å²) in [7, 11) is 3.50. The molecule has 1 saturated carbocycles. The van der Waals surface area contributed by atoms with Gasteiger partial charge in [-0.1, -0.05) is 32.1 Å². The third-order valence-electron chi connectivity index (χ3n) is 4.76. The number of guanidine groups is 1. The van der Waals surface area contributed by atoms with Crippen LogP contribution in [0.1, 0.15) is 48.2 Å². The van der Waals surface area contributed by atoms with Crippen molar-refractivity contribution in [1.29, 1.82) is 5.41 Å². The summed E-state index contributed by atoms with van der Waals surface area (Å²) in [6.07, 6.45) is 5.94. The summed E-state index contributed by atoms with van der Waals surface area (Å²) in [6.45, 7) is 0. The molecule has 1 aromatic rings. The van der Waals surface area contributed by atoms with E-state index in [2.05, 4.69) is 15.0 Å². The van der Waals surface area contributed by atoms with Crippen molar-refractivity contribution in [2.24, 2.45) is 5.92 Å². The molecule has 1 aliphatic rings. The average molecular weight is 394 g/mol. The maximum Gasteiger partial charge on any atom is 0.421 e. The Balaban J connectivity index is 2.46. The van der Waals surface area contributed by atoms with Crippen LogP contribution in [0.2, 0.25) is 0 Å². The quantitative estimate of drug-likeness (QED) is 0.311. The normalized spacial score (nSPS) is 14.1.